The molecule has 7 nitrogen and oxygen atoms in total. The second-order valence-corrected chi connectivity index (χ2v) is 8.76. The second kappa shape index (κ2) is 8.56. The average molecular weight is 477 g/mol. The van der Waals surface area contributed by atoms with E-state index in [1.807, 2.05) is 0 Å². The monoisotopic (exact) mass is 476 g/mol. The van der Waals surface area contributed by atoms with Crippen LogP contribution in [0.2, 0.25) is 5.02 Å². The van der Waals surface area contributed by atoms with Crippen molar-refractivity contribution in [2.75, 3.05) is 4.72 Å². The molecule has 0 atom stereocenters. The summed E-state index contributed by atoms with van der Waals surface area (Å²) in [5.41, 5.74) is 1.27. The summed E-state index contributed by atoms with van der Waals surface area (Å²) in [6.45, 7) is 0. The zero-order valence-corrected chi connectivity index (χ0v) is 18.0. The van der Waals surface area contributed by atoms with Gasteiger partial charge in [0.25, 0.3) is 10.0 Å². The molecular formula is C21H15ClF2N4O3S. The van der Waals surface area contributed by atoms with E-state index in [9.17, 15) is 17.2 Å². The lowest BCUT2D eigenvalue weighted by Crippen LogP contribution is -2.14. The van der Waals surface area contributed by atoms with E-state index < -0.39 is 21.7 Å². The number of rotatable bonds is 6. The second-order valence-electron chi connectivity index (χ2n) is 6.64. The van der Waals surface area contributed by atoms with Crippen molar-refractivity contribution in [1.29, 1.82) is 0 Å². The third-order valence-corrected chi connectivity index (χ3v) is 6.03. The number of hydrogen-bond acceptors (Lipinski definition) is 5. The van der Waals surface area contributed by atoms with Crippen molar-refractivity contribution in [3.63, 3.8) is 0 Å². The third-order valence-electron chi connectivity index (χ3n) is 4.44. The molecule has 0 aliphatic carbocycles. The van der Waals surface area contributed by atoms with Crippen LogP contribution < -0.4 is 9.46 Å². The number of pyridine rings is 1. The molecule has 0 unspecified atom stereocenters. The Morgan fingerprint density at radius 3 is 2.47 bits per heavy atom. The Kier molecular flexibility index (Phi) is 5.81. The van der Waals surface area contributed by atoms with Gasteiger partial charge in [-0.25, -0.2) is 22.2 Å². The van der Waals surface area contributed by atoms with Crippen LogP contribution in [0.15, 0.2) is 71.9 Å². The van der Waals surface area contributed by atoms with Gasteiger partial charge in [0.05, 0.1) is 16.8 Å². The number of sulfonamides is 1. The fourth-order valence-corrected chi connectivity index (χ4v) is 4.10. The normalized spacial score (nSPS) is 11.4. The Morgan fingerprint density at radius 2 is 1.81 bits per heavy atom. The van der Waals surface area contributed by atoms with Gasteiger partial charge in [-0.1, -0.05) is 11.6 Å². The average Bonchev–Trinajstić information content (AvgIpc) is 3.18. The minimum absolute atomic E-state index is 0.103. The van der Waals surface area contributed by atoms with Crippen molar-refractivity contribution >= 4 is 27.4 Å². The minimum atomic E-state index is -4.15. The molecule has 2 heterocycles. The Morgan fingerprint density at radius 1 is 1.03 bits per heavy atom. The Bertz CT molecular complexity index is 1390. The molecule has 1 N–H and O–H groups in total. The summed E-state index contributed by atoms with van der Waals surface area (Å²) >= 11 is 6.11. The topological polar surface area (TPSA) is 86.1 Å². The summed E-state index contributed by atoms with van der Waals surface area (Å²) in [7, 11) is -2.41. The molecule has 0 aliphatic rings. The van der Waals surface area contributed by atoms with Crippen LogP contribution in [0.3, 0.4) is 0 Å². The summed E-state index contributed by atoms with van der Waals surface area (Å²) in [5, 5.41) is 4.57. The highest BCUT2D eigenvalue weighted by Crippen LogP contribution is 2.36. The molecule has 0 saturated heterocycles. The first-order chi connectivity index (χ1) is 15.2. The van der Waals surface area contributed by atoms with Crippen molar-refractivity contribution < 1.29 is 21.9 Å². The lowest BCUT2D eigenvalue weighted by molar-refractivity contribution is 0.441. The third kappa shape index (κ3) is 4.56. The van der Waals surface area contributed by atoms with Crippen molar-refractivity contribution in [2.24, 2.45) is 7.05 Å². The van der Waals surface area contributed by atoms with Crippen LogP contribution in [0.5, 0.6) is 11.5 Å². The molecule has 0 saturated carbocycles. The first kappa shape index (κ1) is 21.7. The maximum absolute atomic E-state index is 14.8. The van der Waals surface area contributed by atoms with Gasteiger partial charge in [-0.15, -0.1) is 0 Å². The molecule has 0 amide bonds. The van der Waals surface area contributed by atoms with Crippen LogP contribution in [0, 0.1) is 11.6 Å². The van der Waals surface area contributed by atoms with Crippen molar-refractivity contribution in [3.8, 4) is 22.8 Å². The summed E-state index contributed by atoms with van der Waals surface area (Å²) < 4.78 is 62.3. The summed E-state index contributed by atoms with van der Waals surface area (Å²) in [6.07, 6.45) is 2.46. The number of hydrogen-bond donors (Lipinski definition) is 1. The van der Waals surface area contributed by atoms with Crippen LogP contribution in [-0.4, -0.2) is 23.2 Å². The SMILES string of the molecule is Cn1nccc1-c1cc(Cl)ccc1Oc1ccc(S(=O)(=O)Nc2ccc(F)cn2)cc1F. The number of halogens is 3. The van der Waals surface area contributed by atoms with E-state index in [1.54, 1.807) is 42.2 Å². The molecule has 0 bridgehead atoms. The van der Waals surface area contributed by atoms with Gasteiger partial charge in [0, 0.05) is 23.8 Å². The molecule has 0 aliphatic heterocycles. The first-order valence-electron chi connectivity index (χ1n) is 9.13. The molecule has 32 heavy (non-hydrogen) atoms. The highest BCUT2D eigenvalue weighted by atomic mass is 35.5. The van der Waals surface area contributed by atoms with Crippen molar-refractivity contribution in [2.45, 2.75) is 4.90 Å². The number of ether oxygens (including phenoxy) is 1. The van der Waals surface area contributed by atoms with E-state index in [-0.39, 0.29) is 16.5 Å². The molecular weight excluding hydrogens is 462 g/mol. The Labute approximate surface area is 187 Å². The van der Waals surface area contributed by atoms with E-state index >= 15 is 0 Å². The first-order valence-corrected chi connectivity index (χ1v) is 11.0. The fourth-order valence-electron chi connectivity index (χ4n) is 2.91. The zero-order chi connectivity index (χ0) is 22.9. The summed E-state index contributed by atoms with van der Waals surface area (Å²) in [6, 6.07) is 12.0. The maximum atomic E-state index is 14.8. The summed E-state index contributed by atoms with van der Waals surface area (Å²) in [4.78, 5) is 3.28. The van der Waals surface area contributed by atoms with Crippen molar-refractivity contribution in [3.05, 3.63) is 83.6 Å². The molecule has 0 spiro atoms. The van der Waals surface area contributed by atoms with E-state index in [1.165, 1.54) is 12.1 Å². The molecule has 0 radical (unpaired) electrons. The van der Waals surface area contributed by atoms with Gasteiger partial charge in [0.1, 0.15) is 17.4 Å². The lowest BCUT2D eigenvalue weighted by Gasteiger charge is -2.13. The molecule has 0 fully saturated rings. The molecule has 11 heteroatoms. The highest BCUT2D eigenvalue weighted by Gasteiger charge is 2.19. The summed E-state index contributed by atoms with van der Waals surface area (Å²) in [5.74, 6) is -1.50. The molecule has 2 aromatic carbocycles. The van der Waals surface area contributed by atoms with Gasteiger partial charge in [-0.3, -0.25) is 9.40 Å². The zero-order valence-electron chi connectivity index (χ0n) is 16.5. The van der Waals surface area contributed by atoms with E-state index in [2.05, 4.69) is 14.8 Å². The quantitative estimate of drug-likeness (QED) is 0.423. The number of nitrogens with one attached hydrogen (secondary N) is 1. The van der Waals surface area contributed by atoms with Gasteiger partial charge in [0.2, 0.25) is 0 Å². The van der Waals surface area contributed by atoms with Crippen LogP contribution in [0.1, 0.15) is 0 Å². The van der Waals surface area contributed by atoms with Gasteiger partial charge in [-0.2, -0.15) is 5.10 Å². The van der Waals surface area contributed by atoms with Gasteiger partial charge in [0.15, 0.2) is 11.6 Å². The minimum Gasteiger partial charge on any atom is -0.454 e. The van der Waals surface area contributed by atoms with E-state index in [0.717, 1.165) is 24.4 Å². The predicted octanol–water partition coefficient (Wildman–Crippen LogP) is 5.01. The number of aromatic nitrogens is 3. The fraction of sp³-hybridized carbons (Fsp3) is 0.0476. The number of aryl methyl sites for hydroxylation is 1. The van der Waals surface area contributed by atoms with E-state index in [4.69, 9.17) is 16.3 Å². The van der Waals surface area contributed by atoms with Gasteiger partial charge < -0.3 is 4.74 Å². The number of benzene rings is 2. The number of nitrogens with zero attached hydrogens (tertiary/aromatic N) is 3. The maximum Gasteiger partial charge on any atom is 0.263 e. The van der Waals surface area contributed by atoms with Crippen molar-refractivity contribution in [1.82, 2.24) is 14.8 Å². The highest BCUT2D eigenvalue weighted by molar-refractivity contribution is 7.92. The molecule has 4 aromatic rings. The van der Waals surface area contributed by atoms with Gasteiger partial charge >= 0.3 is 0 Å². The number of anilines is 1. The van der Waals surface area contributed by atoms with Crippen LogP contribution in [0.4, 0.5) is 14.6 Å². The predicted molar refractivity (Wildman–Crippen MR) is 115 cm³/mol. The smallest absolute Gasteiger partial charge is 0.263 e. The molecule has 2 aromatic heterocycles. The Balaban J connectivity index is 1.62. The Hall–Kier alpha value is -3.50. The van der Waals surface area contributed by atoms with Crippen LogP contribution >= 0.6 is 11.6 Å². The van der Waals surface area contributed by atoms with Gasteiger partial charge in [-0.05, 0) is 54.6 Å². The molecule has 164 valence electrons. The molecule has 4 rings (SSSR count). The lowest BCUT2D eigenvalue weighted by atomic mass is 10.1. The standard InChI is InChI=1S/C21H15ClF2N4O3S/c1-28-18(8-9-26-28)16-10-13(22)2-5-19(16)31-20-6-4-15(11-17(20)24)32(29,30)27-21-7-3-14(23)12-25-21/h2-12H,1H3,(H,25,27). The largest absolute Gasteiger partial charge is 0.454 e. The van der Waals surface area contributed by atoms with Crippen LogP contribution in [-0.2, 0) is 17.1 Å². The van der Waals surface area contributed by atoms with Crippen LogP contribution in [0.25, 0.3) is 11.3 Å². The van der Waals surface area contributed by atoms with E-state index in [0.29, 0.717) is 22.0 Å².